The highest BCUT2D eigenvalue weighted by Gasteiger charge is 2.28. The van der Waals surface area contributed by atoms with Gasteiger partial charge in [0.05, 0.1) is 17.6 Å². The smallest absolute Gasteiger partial charge is 0.255 e. The molecule has 2 aliphatic rings. The molecule has 1 aliphatic heterocycles. The molecule has 3 rings (SSSR count). The Morgan fingerprint density at radius 1 is 1.26 bits per heavy atom. The van der Waals surface area contributed by atoms with E-state index < -0.39 is 10.0 Å². The predicted molar refractivity (Wildman–Crippen MR) is 103 cm³/mol. The summed E-state index contributed by atoms with van der Waals surface area (Å²) in [6, 6.07) is 4.40. The maximum absolute atomic E-state index is 12.7. The molecule has 7 nitrogen and oxygen atoms in total. The number of ether oxygens (including phenoxy) is 1. The molecule has 27 heavy (non-hydrogen) atoms. The second-order valence-corrected chi connectivity index (χ2v) is 9.12. The minimum atomic E-state index is -3.88. The van der Waals surface area contributed by atoms with E-state index in [1.54, 1.807) is 0 Å². The van der Waals surface area contributed by atoms with Gasteiger partial charge in [-0.05, 0) is 56.3 Å². The molecule has 1 saturated heterocycles. The van der Waals surface area contributed by atoms with Crippen LogP contribution in [0.15, 0.2) is 23.1 Å². The molecule has 1 heterocycles. The highest BCUT2D eigenvalue weighted by atomic mass is 32.2. The molecule has 150 valence electrons. The third kappa shape index (κ3) is 5.00. The van der Waals surface area contributed by atoms with E-state index in [0.29, 0.717) is 18.3 Å². The largest absolute Gasteiger partial charge is 0.496 e. The van der Waals surface area contributed by atoms with Gasteiger partial charge in [-0.15, -0.1) is 0 Å². The summed E-state index contributed by atoms with van der Waals surface area (Å²) in [5.74, 6) is 0.770. The van der Waals surface area contributed by atoms with Gasteiger partial charge >= 0.3 is 0 Å². The number of amides is 1. The summed E-state index contributed by atoms with van der Waals surface area (Å²) in [6.45, 7) is 2.75. The minimum absolute atomic E-state index is 0.0998. The molecule has 8 heteroatoms. The summed E-state index contributed by atoms with van der Waals surface area (Å²) in [4.78, 5) is 15.1. The number of likely N-dealkylation sites (tertiary alicyclic amines) is 1. The Morgan fingerprint density at radius 3 is 2.67 bits per heavy atom. The number of nitrogens with zero attached hydrogens (tertiary/aromatic N) is 1. The number of benzene rings is 1. The lowest BCUT2D eigenvalue weighted by molar-refractivity contribution is 0.0935. The second-order valence-electron chi connectivity index (χ2n) is 7.56. The SMILES string of the molecule is COc1ccc(S(N)(=O)=O)cc1C(=O)NCC1CCCN1CC1CCCC1. The number of sulfonamides is 1. The van der Waals surface area contributed by atoms with Crippen molar-refractivity contribution >= 4 is 15.9 Å². The van der Waals surface area contributed by atoms with E-state index in [9.17, 15) is 13.2 Å². The van der Waals surface area contributed by atoms with Crippen LogP contribution in [0.3, 0.4) is 0 Å². The number of hydrogen-bond acceptors (Lipinski definition) is 5. The molecule has 1 saturated carbocycles. The summed E-state index contributed by atoms with van der Waals surface area (Å²) in [5.41, 5.74) is 0.185. The van der Waals surface area contributed by atoms with Crippen molar-refractivity contribution in [2.75, 3.05) is 26.7 Å². The molecule has 0 bridgehead atoms. The lowest BCUT2D eigenvalue weighted by Crippen LogP contribution is -2.42. The van der Waals surface area contributed by atoms with Gasteiger partial charge in [0.25, 0.3) is 5.91 Å². The van der Waals surface area contributed by atoms with Gasteiger partial charge in [-0.25, -0.2) is 13.6 Å². The van der Waals surface area contributed by atoms with Gasteiger partial charge in [0, 0.05) is 19.1 Å². The minimum Gasteiger partial charge on any atom is -0.496 e. The van der Waals surface area contributed by atoms with E-state index in [4.69, 9.17) is 9.88 Å². The molecule has 0 aromatic heterocycles. The zero-order chi connectivity index (χ0) is 19.4. The average Bonchev–Trinajstić information content (AvgIpc) is 3.30. The van der Waals surface area contributed by atoms with Crippen molar-refractivity contribution in [3.8, 4) is 5.75 Å². The van der Waals surface area contributed by atoms with E-state index in [0.717, 1.165) is 31.8 Å². The number of methoxy groups -OCH3 is 1. The Bertz CT molecular complexity index is 775. The highest BCUT2D eigenvalue weighted by Crippen LogP contribution is 2.28. The molecule has 1 unspecified atom stereocenters. The van der Waals surface area contributed by atoms with E-state index >= 15 is 0 Å². The molecule has 1 aromatic carbocycles. The normalized spacial score (nSPS) is 21.5. The number of hydrogen-bond donors (Lipinski definition) is 2. The molecule has 1 aliphatic carbocycles. The van der Waals surface area contributed by atoms with E-state index in [1.165, 1.54) is 51.0 Å². The van der Waals surface area contributed by atoms with Gasteiger partial charge < -0.3 is 10.1 Å². The van der Waals surface area contributed by atoms with E-state index in [1.807, 2.05) is 0 Å². The van der Waals surface area contributed by atoms with Crippen molar-refractivity contribution in [2.24, 2.45) is 11.1 Å². The lowest BCUT2D eigenvalue weighted by Gasteiger charge is -2.27. The van der Waals surface area contributed by atoms with E-state index in [2.05, 4.69) is 10.2 Å². The van der Waals surface area contributed by atoms with Crippen LogP contribution >= 0.6 is 0 Å². The zero-order valence-electron chi connectivity index (χ0n) is 15.8. The Labute approximate surface area is 161 Å². The predicted octanol–water partition coefficient (Wildman–Crippen LogP) is 1.73. The standard InChI is InChI=1S/C19H29N3O4S/c1-26-18-9-8-16(27(20,24)25)11-17(18)19(23)21-12-15-7-4-10-22(15)13-14-5-2-3-6-14/h8-9,11,14-15H,2-7,10,12-13H2,1H3,(H,21,23)(H2,20,24,25). The van der Waals surface area contributed by atoms with Gasteiger partial charge in [0.1, 0.15) is 5.75 Å². The molecular weight excluding hydrogens is 366 g/mol. The van der Waals surface area contributed by atoms with Crippen LogP contribution in [0.5, 0.6) is 5.75 Å². The van der Waals surface area contributed by atoms with Crippen LogP contribution in [0.1, 0.15) is 48.9 Å². The Hall–Kier alpha value is -1.64. The molecule has 1 atom stereocenters. The van der Waals surface area contributed by atoms with Crippen molar-refractivity contribution in [3.63, 3.8) is 0 Å². The van der Waals surface area contributed by atoms with Gasteiger partial charge in [-0.2, -0.15) is 0 Å². The fraction of sp³-hybridized carbons (Fsp3) is 0.632. The molecule has 0 spiro atoms. The number of carbonyl (C=O) groups excluding carboxylic acids is 1. The van der Waals surface area contributed by atoms with Gasteiger partial charge in [-0.3, -0.25) is 9.69 Å². The lowest BCUT2D eigenvalue weighted by atomic mass is 10.1. The summed E-state index contributed by atoms with van der Waals surface area (Å²) >= 11 is 0. The molecule has 2 fully saturated rings. The van der Waals surface area contributed by atoms with Crippen molar-refractivity contribution in [2.45, 2.75) is 49.5 Å². The van der Waals surface area contributed by atoms with E-state index in [-0.39, 0.29) is 16.4 Å². The number of carbonyl (C=O) groups is 1. The van der Waals surface area contributed by atoms with Gasteiger partial charge in [0.2, 0.25) is 10.0 Å². The van der Waals surface area contributed by atoms with Crippen LogP contribution in [-0.2, 0) is 10.0 Å². The van der Waals surface area contributed by atoms with Gasteiger partial charge in [0.15, 0.2) is 0 Å². The first-order valence-electron chi connectivity index (χ1n) is 9.61. The third-order valence-electron chi connectivity index (χ3n) is 5.71. The number of nitrogens with two attached hydrogens (primary N) is 1. The summed E-state index contributed by atoms with van der Waals surface area (Å²) in [7, 11) is -2.43. The fourth-order valence-electron chi connectivity index (χ4n) is 4.24. The molecule has 3 N–H and O–H groups in total. The van der Waals surface area contributed by atoms with Crippen LogP contribution in [0.25, 0.3) is 0 Å². The molecule has 0 radical (unpaired) electrons. The quantitative estimate of drug-likeness (QED) is 0.732. The Balaban J connectivity index is 1.64. The van der Waals surface area contributed by atoms with Crippen molar-refractivity contribution in [1.82, 2.24) is 10.2 Å². The number of rotatable bonds is 7. The topological polar surface area (TPSA) is 102 Å². The number of primary sulfonamides is 1. The van der Waals surface area contributed by atoms with Crippen LogP contribution in [0.4, 0.5) is 0 Å². The Morgan fingerprint density at radius 2 is 2.00 bits per heavy atom. The van der Waals surface area contributed by atoms with Crippen molar-refractivity contribution in [3.05, 3.63) is 23.8 Å². The van der Waals surface area contributed by atoms with Crippen LogP contribution < -0.4 is 15.2 Å². The monoisotopic (exact) mass is 395 g/mol. The van der Waals surface area contributed by atoms with Crippen LogP contribution in [0.2, 0.25) is 0 Å². The number of nitrogens with one attached hydrogen (secondary N) is 1. The molecular formula is C19H29N3O4S. The summed E-state index contributed by atoms with van der Waals surface area (Å²) in [6.07, 6.45) is 7.51. The molecule has 1 aromatic rings. The Kier molecular flexibility index (Phi) is 6.39. The first-order chi connectivity index (χ1) is 12.9. The third-order valence-corrected chi connectivity index (χ3v) is 6.62. The van der Waals surface area contributed by atoms with Crippen molar-refractivity contribution < 1.29 is 17.9 Å². The first-order valence-corrected chi connectivity index (χ1v) is 11.2. The van der Waals surface area contributed by atoms with Crippen LogP contribution in [0, 0.1) is 5.92 Å². The zero-order valence-corrected chi connectivity index (χ0v) is 16.6. The molecule has 1 amide bonds. The second kappa shape index (κ2) is 8.58. The summed E-state index contributed by atoms with van der Waals surface area (Å²) in [5, 5.41) is 8.13. The maximum Gasteiger partial charge on any atom is 0.255 e. The first kappa shape index (κ1) is 20.1. The van der Waals surface area contributed by atoms with Gasteiger partial charge in [-0.1, -0.05) is 12.8 Å². The maximum atomic E-state index is 12.7. The van der Waals surface area contributed by atoms with Crippen molar-refractivity contribution in [1.29, 1.82) is 0 Å². The highest BCUT2D eigenvalue weighted by molar-refractivity contribution is 7.89. The van der Waals surface area contributed by atoms with Crippen LogP contribution in [-0.4, -0.2) is 52.0 Å². The average molecular weight is 396 g/mol. The summed E-state index contributed by atoms with van der Waals surface area (Å²) < 4.78 is 28.4. The fourth-order valence-corrected chi connectivity index (χ4v) is 4.78.